The molecule has 0 atom stereocenters. The van der Waals surface area contributed by atoms with Crippen LogP contribution in [-0.2, 0) is 11.1 Å². The summed E-state index contributed by atoms with van der Waals surface area (Å²) in [5, 5.41) is 0. The SMILES string of the molecule is COCC(C)C.[B]Cc1ccccc1C. The van der Waals surface area contributed by atoms with Gasteiger partial charge in [-0.25, -0.2) is 0 Å². The van der Waals surface area contributed by atoms with Crippen molar-refractivity contribution < 1.29 is 4.74 Å². The average molecular weight is 204 g/mol. The van der Waals surface area contributed by atoms with Gasteiger partial charge in [-0.1, -0.05) is 50.0 Å². The van der Waals surface area contributed by atoms with Crippen molar-refractivity contribution in [1.29, 1.82) is 0 Å². The van der Waals surface area contributed by atoms with E-state index in [9.17, 15) is 0 Å². The molecule has 0 aliphatic carbocycles. The van der Waals surface area contributed by atoms with Crippen LogP contribution in [-0.4, -0.2) is 21.6 Å². The second kappa shape index (κ2) is 8.54. The lowest BCUT2D eigenvalue weighted by molar-refractivity contribution is 0.167. The number of methoxy groups -OCH3 is 1. The molecule has 0 unspecified atom stereocenters. The molecule has 15 heavy (non-hydrogen) atoms. The van der Waals surface area contributed by atoms with Crippen LogP contribution in [0, 0.1) is 12.8 Å². The second-order valence-electron chi connectivity index (χ2n) is 3.98. The maximum Gasteiger partial charge on any atom is 0.0716 e. The van der Waals surface area contributed by atoms with E-state index >= 15 is 0 Å². The molecule has 0 heterocycles. The number of rotatable bonds is 3. The first kappa shape index (κ1) is 14.2. The van der Waals surface area contributed by atoms with E-state index in [0.717, 1.165) is 6.61 Å². The van der Waals surface area contributed by atoms with Crippen molar-refractivity contribution in [2.24, 2.45) is 5.92 Å². The largest absolute Gasteiger partial charge is 0.384 e. The maximum atomic E-state index is 5.45. The minimum absolute atomic E-state index is 0.646. The van der Waals surface area contributed by atoms with Crippen LogP contribution in [0.25, 0.3) is 0 Å². The highest BCUT2D eigenvalue weighted by Gasteiger charge is 1.89. The lowest BCUT2D eigenvalue weighted by Crippen LogP contribution is -1.96. The summed E-state index contributed by atoms with van der Waals surface area (Å²) >= 11 is 0. The maximum absolute atomic E-state index is 5.45. The lowest BCUT2D eigenvalue weighted by Gasteiger charge is -1.98. The van der Waals surface area contributed by atoms with E-state index in [1.807, 2.05) is 12.1 Å². The van der Waals surface area contributed by atoms with Crippen molar-refractivity contribution in [3.8, 4) is 0 Å². The van der Waals surface area contributed by atoms with Crippen molar-refractivity contribution in [2.75, 3.05) is 13.7 Å². The number of ether oxygens (including phenoxy) is 1. The normalized spacial score (nSPS) is 9.67. The topological polar surface area (TPSA) is 9.23 Å². The molecule has 0 fully saturated rings. The minimum atomic E-state index is 0.646. The van der Waals surface area contributed by atoms with Crippen molar-refractivity contribution in [2.45, 2.75) is 27.1 Å². The van der Waals surface area contributed by atoms with E-state index in [2.05, 4.69) is 32.9 Å². The Morgan fingerprint density at radius 2 is 1.87 bits per heavy atom. The number of hydrogen-bond acceptors (Lipinski definition) is 1. The van der Waals surface area contributed by atoms with Crippen LogP contribution in [0.15, 0.2) is 24.3 Å². The van der Waals surface area contributed by atoms with Crippen molar-refractivity contribution in [3.05, 3.63) is 35.4 Å². The highest BCUT2D eigenvalue weighted by atomic mass is 16.5. The zero-order valence-electron chi connectivity index (χ0n) is 10.3. The summed E-state index contributed by atoms with van der Waals surface area (Å²) in [6.45, 7) is 7.20. The highest BCUT2D eigenvalue weighted by Crippen LogP contribution is 2.04. The summed E-state index contributed by atoms with van der Waals surface area (Å²) in [6, 6.07) is 8.15. The molecule has 1 aromatic carbocycles. The number of benzene rings is 1. The zero-order valence-corrected chi connectivity index (χ0v) is 10.3. The van der Waals surface area contributed by atoms with E-state index < -0.39 is 0 Å². The van der Waals surface area contributed by atoms with E-state index in [1.165, 1.54) is 11.1 Å². The van der Waals surface area contributed by atoms with Crippen molar-refractivity contribution in [1.82, 2.24) is 0 Å². The first-order valence-corrected chi connectivity index (χ1v) is 5.35. The first-order valence-electron chi connectivity index (χ1n) is 5.35. The van der Waals surface area contributed by atoms with Gasteiger partial charge < -0.3 is 4.74 Å². The van der Waals surface area contributed by atoms with Gasteiger partial charge >= 0.3 is 0 Å². The van der Waals surface area contributed by atoms with Crippen LogP contribution in [0.4, 0.5) is 0 Å². The molecule has 0 aromatic heterocycles. The molecule has 0 saturated carbocycles. The van der Waals surface area contributed by atoms with Gasteiger partial charge in [0.15, 0.2) is 0 Å². The molecule has 0 aliphatic heterocycles. The molecule has 1 nitrogen and oxygen atoms in total. The minimum Gasteiger partial charge on any atom is -0.384 e. The van der Waals surface area contributed by atoms with Crippen LogP contribution >= 0.6 is 0 Å². The van der Waals surface area contributed by atoms with Crippen molar-refractivity contribution in [3.63, 3.8) is 0 Å². The Kier molecular flexibility index (Phi) is 8.11. The molecule has 0 spiro atoms. The molecule has 0 amide bonds. The molecule has 0 bridgehead atoms. The average Bonchev–Trinajstić information content (AvgIpc) is 2.19. The third-order valence-electron chi connectivity index (χ3n) is 1.98. The van der Waals surface area contributed by atoms with E-state index in [0.29, 0.717) is 12.2 Å². The van der Waals surface area contributed by atoms with Gasteiger partial charge in [0.1, 0.15) is 0 Å². The van der Waals surface area contributed by atoms with Gasteiger partial charge in [0, 0.05) is 13.7 Å². The molecule has 2 heteroatoms. The van der Waals surface area contributed by atoms with Crippen LogP contribution in [0.2, 0.25) is 0 Å². The number of hydrogen-bond donors (Lipinski definition) is 0. The zero-order chi connectivity index (χ0) is 11.7. The van der Waals surface area contributed by atoms with Crippen LogP contribution in [0.3, 0.4) is 0 Å². The Morgan fingerprint density at radius 1 is 1.27 bits per heavy atom. The summed E-state index contributed by atoms with van der Waals surface area (Å²) in [5.74, 6) is 0.676. The molecule has 0 saturated heterocycles. The van der Waals surface area contributed by atoms with Gasteiger partial charge in [0.05, 0.1) is 7.85 Å². The third-order valence-corrected chi connectivity index (χ3v) is 1.98. The Balaban J connectivity index is 0.000000288. The Hall–Kier alpha value is -0.755. The van der Waals surface area contributed by atoms with Crippen molar-refractivity contribution >= 4 is 7.85 Å². The van der Waals surface area contributed by atoms with Crippen LogP contribution < -0.4 is 0 Å². The lowest BCUT2D eigenvalue weighted by atomic mass is 9.94. The summed E-state index contributed by atoms with van der Waals surface area (Å²) in [4.78, 5) is 0. The molecule has 0 aliphatic rings. The van der Waals surface area contributed by atoms with E-state index in [4.69, 9.17) is 12.6 Å². The first-order chi connectivity index (χ1) is 7.11. The summed E-state index contributed by atoms with van der Waals surface area (Å²) < 4.78 is 4.80. The Bertz CT molecular complexity index is 258. The fraction of sp³-hybridized carbons (Fsp3) is 0.538. The molecule has 1 rings (SSSR count). The third kappa shape index (κ3) is 7.21. The van der Waals surface area contributed by atoms with Crippen LogP contribution in [0.5, 0.6) is 0 Å². The van der Waals surface area contributed by atoms with E-state index in [-0.39, 0.29) is 0 Å². The van der Waals surface area contributed by atoms with Crippen LogP contribution in [0.1, 0.15) is 25.0 Å². The Labute approximate surface area is 95.3 Å². The van der Waals surface area contributed by atoms with Gasteiger partial charge in [-0.05, 0) is 18.4 Å². The highest BCUT2D eigenvalue weighted by molar-refractivity contribution is 6.08. The summed E-state index contributed by atoms with van der Waals surface area (Å²) in [6.07, 6.45) is 0.646. The quantitative estimate of drug-likeness (QED) is 0.688. The van der Waals surface area contributed by atoms with Gasteiger partial charge in [0.25, 0.3) is 0 Å². The Morgan fingerprint density at radius 3 is 2.13 bits per heavy atom. The molecular weight excluding hydrogens is 183 g/mol. The molecule has 1 aromatic rings. The molecular formula is C13H21BO. The van der Waals surface area contributed by atoms with Gasteiger partial charge in [0.2, 0.25) is 0 Å². The van der Waals surface area contributed by atoms with E-state index in [1.54, 1.807) is 7.11 Å². The fourth-order valence-electron chi connectivity index (χ4n) is 1.17. The molecule has 0 N–H and O–H groups in total. The molecule has 82 valence electrons. The molecule has 2 radical (unpaired) electrons. The second-order valence-corrected chi connectivity index (χ2v) is 3.98. The van der Waals surface area contributed by atoms with Gasteiger partial charge in [-0.15, -0.1) is 0 Å². The predicted octanol–water partition coefficient (Wildman–Crippen LogP) is 2.95. The van der Waals surface area contributed by atoms with Gasteiger partial charge in [-0.3, -0.25) is 0 Å². The monoisotopic (exact) mass is 204 g/mol. The van der Waals surface area contributed by atoms with Gasteiger partial charge in [-0.2, -0.15) is 0 Å². The standard InChI is InChI=1S/C8H9B.C5H12O/c1-7-4-2-3-5-8(7)6-9;1-5(2)4-6-3/h2-5H,6H2,1H3;5H,4H2,1-3H3. The number of aryl methyl sites for hydroxylation is 1. The predicted molar refractivity (Wildman–Crippen MR) is 67.4 cm³/mol. The fourth-order valence-corrected chi connectivity index (χ4v) is 1.17. The summed E-state index contributed by atoms with van der Waals surface area (Å²) in [5.41, 5.74) is 2.51. The smallest absolute Gasteiger partial charge is 0.0716 e. The summed E-state index contributed by atoms with van der Waals surface area (Å²) in [7, 11) is 7.17.